The molecule has 3 aromatic rings. The number of carbonyl (C=O) groups is 1. The van der Waals surface area contributed by atoms with Crippen LogP contribution in [0.1, 0.15) is 16.1 Å². The Hall–Kier alpha value is -2.93. The van der Waals surface area contributed by atoms with Crippen molar-refractivity contribution in [1.29, 1.82) is 0 Å². The molecule has 0 bridgehead atoms. The fraction of sp³-hybridized carbons (Fsp3) is 0.0667. The molecule has 0 radical (unpaired) electrons. The van der Waals surface area contributed by atoms with Crippen molar-refractivity contribution in [3.63, 3.8) is 0 Å². The van der Waals surface area contributed by atoms with Crippen LogP contribution in [-0.2, 0) is 0 Å². The topological polar surface area (TPSA) is 92.9 Å². The Morgan fingerprint density at radius 1 is 1.26 bits per heavy atom. The normalized spacial score (nSPS) is 10.5. The van der Waals surface area contributed by atoms with Crippen LogP contribution in [0, 0.1) is 6.92 Å². The zero-order valence-corrected chi connectivity index (χ0v) is 12.8. The summed E-state index contributed by atoms with van der Waals surface area (Å²) < 4.78 is 1.55. The van der Waals surface area contributed by atoms with E-state index in [1.165, 1.54) is 12.5 Å². The smallest absolute Gasteiger partial charge is 0.356 e. The maximum Gasteiger partial charge on any atom is 0.356 e. The molecule has 0 unspecified atom stereocenters. The van der Waals surface area contributed by atoms with Crippen molar-refractivity contribution in [2.45, 2.75) is 6.92 Å². The van der Waals surface area contributed by atoms with Gasteiger partial charge in [-0.25, -0.2) is 19.7 Å². The van der Waals surface area contributed by atoms with E-state index in [0.717, 1.165) is 5.56 Å². The molecule has 8 heteroatoms. The van der Waals surface area contributed by atoms with Crippen molar-refractivity contribution in [3.05, 3.63) is 59.3 Å². The Bertz CT molecular complexity index is 878. The maximum absolute atomic E-state index is 10.9. The predicted octanol–water partition coefficient (Wildman–Crippen LogP) is 3.07. The highest BCUT2D eigenvalue weighted by Gasteiger charge is 2.09. The van der Waals surface area contributed by atoms with Gasteiger partial charge in [0.1, 0.15) is 23.8 Å². The van der Waals surface area contributed by atoms with Crippen molar-refractivity contribution in [2.24, 2.45) is 0 Å². The zero-order chi connectivity index (χ0) is 16.4. The van der Waals surface area contributed by atoms with Gasteiger partial charge >= 0.3 is 5.97 Å². The molecule has 23 heavy (non-hydrogen) atoms. The third kappa shape index (κ3) is 3.46. The van der Waals surface area contributed by atoms with Gasteiger partial charge in [0.2, 0.25) is 0 Å². The van der Waals surface area contributed by atoms with E-state index < -0.39 is 5.97 Å². The van der Waals surface area contributed by atoms with E-state index in [1.807, 2.05) is 19.1 Å². The van der Waals surface area contributed by atoms with Crippen molar-refractivity contribution in [3.8, 4) is 5.82 Å². The number of imidazole rings is 1. The third-order valence-corrected chi connectivity index (χ3v) is 3.24. The lowest BCUT2D eigenvalue weighted by Crippen LogP contribution is -2.01. The summed E-state index contributed by atoms with van der Waals surface area (Å²) >= 11 is 5.93. The highest BCUT2D eigenvalue weighted by Crippen LogP contribution is 2.19. The minimum atomic E-state index is -1.09. The van der Waals surface area contributed by atoms with Crippen molar-refractivity contribution in [1.82, 2.24) is 19.5 Å². The number of carboxylic acid groups (broad SMARTS) is 1. The van der Waals surface area contributed by atoms with Gasteiger partial charge in [-0.2, -0.15) is 0 Å². The Labute approximate surface area is 136 Å². The van der Waals surface area contributed by atoms with E-state index in [2.05, 4.69) is 20.3 Å². The standard InChI is InChI=1S/C15H12ClN5O2/c1-9-4-13(19-12-6-10(16)2-3-17-12)20-14(5-9)21-7-11(15(22)23)18-8-21/h2-8H,1H3,(H,22,23)(H,17,19,20). The molecule has 3 heterocycles. The molecular formula is C15H12ClN5O2. The van der Waals surface area contributed by atoms with Gasteiger partial charge in [-0.1, -0.05) is 11.6 Å². The second-order valence-corrected chi connectivity index (χ2v) is 5.28. The molecule has 3 aromatic heterocycles. The van der Waals surface area contributed by atoms with Gasteiger partial charge in [0, 0.05) is 17.4 Å². The maximum atomic E-state index is 10.9. The Morgan fingerprint density at radius 3 is 2.78 bits per heavy atom. The number of aromatic nitrogens is 4. The van der Waals surface area contributed by atoms with Gasteiger partial charge in [-0.15, -0.1) is 0 Å². The molecular weight excluding hydrogens is 318 g/mol. The number of halogens is 1. The minimum Gasteiger partial charge on any atom is -0.476 e. The minimum absolute atomic E-state index is 0.0423. The fourth-order valence-electron chi connectivity index (χ4n) is 2.01. The van der Waals surface area contributed by atoms with E-state index in [9.17, 15) is 4.79 Å². The van der Waals surface area contributed by atoms with Gasteiger partial charge in [0.05, 0.1) is 0 Å². The fourth-order valence-corrected chi connectivity index (χ4v) is 2.17. The first kappa shape index (κ1) is 15.0. The summed E-state index contributed by atoms with van der Waals surface area (Å²) in [5.41, 5.74) is 0.907. The molecule has 0 atom stereocenters. The Kier molecular flexibility index (Phi) is 3.94. The first-order valence-corrected chi connectivity index (χ1v) is 7.04. The summed E-state index contributed by atoms with van der Waals surface area (Å²) in [6, 6.07) is 7.04. The van der Waals surface area contributed by atoms with Crippen LogP contribution < -0.4 is 5.32 Å². The molecule has 116 valence electrons. The molecule has 0 aliphatic carbocycles. The van der Waals surface area contributed by atoms with E-state index >= 15 is 0 Å². The number of nitrogens with zero attached hydrogens (tertiary/aromatic N) is 4. The van der Waals surface area contributed by atoms with E-state index in [0.29, 0.717) is 22.5 Å². The second-order valence-electron chi connectivity index (χ2n) is 4.84. The van der Waals surface area contributed by atoms with Crippen LogP contribution in [0.25, 0.3) is 5.82 Å². The average molecular weight is 330 g/mol. The molecule has 0 aliphatic rings. The lowest BCUT2D eigenvalue weighted by Gasteiger charge is -2.09. The molecule has 3 rings (SSSR count). The predicted molar refractivity (Wildman–Crippen MR) is 85.6 cm³/mol. The number of hydrogen-bond acceptors (Lipinski definition) is 5. The third-order valence-electron chi connectivity index (χ3n) is 3.00. The van der Waals surface area contributed by atoms with Crippen molar-refractivity contribution >= 4 is 29.2 Å². The van der Waals surface area contributed by atoms with Crippen molar-refractivity contribution in [2.75, 3.05) is 5.32 Å². The molecule has 0 fully saturated rings. The van der Waals surface area contributed by atoms with Gasteiger partial charge in [0.15, 0.2) is 5.69 Å². The summed E-state index contributed by atoms with van der Waals surface area (Å²) in [7, 11) is 0. The van der Waals surface area contributed by atoms with Gasteiger partial charge in [-0.05, 0) is 36.8 Å². The molecule has 0 spiro atoms. The summed E-state index contributed by atoms with van der Waals surface area (Å²) in [6.07, 6.45) is 4.41. The highest BCUT2D eigenvalue weighted by atomic mass is 35.5. The highest BCUT2D eigenvalue weighted by molar-refractivity contribution is 6.30. The molecule has 0 saturated carbocycles. The average Bonchev–Trinajstić information content (AvgIpc) is 2.96. The largest absolute Gasteiger partial charge is 0.476 e. The van der Waals surface area contributed by atoms with Gasteiger partial charge in [0.25, 0.3) is 0 Å². The van der Waals surface area contributed by atoms with Crippen LogP contribution in [0.4, 0.5) is 11.6 Å². The molecule has 0 saturated heterocycles. The van der Waals surface area contributed by atoms with Crippen LogP contribution in [0.5, 0.6) is 0 Å². The Morgan fingerprint density at radius 2 is 2.09 bits per heavy atom. The van der Waals surface area contributed by atoms with Crippen molar-refractivity contribution < 1.29 is 9.90 Å². The molecule has 0 aromatic carbocycles. The number of aryl methyl sites for hydroxylation is 1. The second kappa shape index (κ2) is 6.05. The monoisotopic (exact) mass is 329 g/mol. The van der Waals surface area contributed by atoms with Crippen LogP contribution in [-0.4, -0.2) is 30.6 Å². The number of aromatic carboxylic acids is 1. The van der Waals surface area contributed by atoms with Crippen LogP contribution in [0.3, 0.4) is 0 Å². The molecule has 2 N–H and O–H groups in total. The number of pyridine rings is 2. The first-order chi connectivity index (χ1) is 11.0. The summed E-state index contributed by atoms with van der Waals surface area (Å²) in [6.45, 7) is 1.91. The van der Waals surface area contributed by atoms with Crippen LogP contribution >= 0.6 is 11.6 Å². The lowest BCUT2D eigenvalue weighted by molar-refractivity contribution is 0.0691. The number of hydrogen-bond donors (Lipinski definition) is 2. The lowest BCUT2D eigenvalue weighted by atomic mass is 10.3. The van der Waals surface area contributed by atoms with E-state index in [-0.39, 0.29) is 5.69 Å². The SMILES string of the molecule is Cc1cc(Nc2cc(Cl)ccn2)nc(-n2cnc(C(=O)O)c2)c1. The number of anilines is 2. The van der Waals surface area contributed by atoms with Gasteiger partial charge in [-0.3, -0.25) is 4.57 Å². The quantitative estimate of drug-likeness (QED) is 0.764. The summed E-state index contributed by atoms with van der Waals surface area (Å²) in [5.74, 6) is 0.603. The van der Waals surface area contributed by atoms with Crippen LogP contribution in [0.15, 0.2) is 43.0 Å². The summed E-state index contributed by atoms with van der Waals surface area (Å²) in [5, 5.41) is 12.6. The first-order valence-electron chi connectivity index (χ1n) is 6.66. The number of carboxylic acids is 1. The van der Waals surface area contributed by atoms with Gasteiger partial charge < -0.3 is 10.4 Å². The van der Waals surface area contributed by atoms with Crippen LogP contribution in [0.2, 0.25) is 5.02 Å². The number of nitrogens with one attached hydrogen (secondary N) is 1. The Balaban J connectivity index is 1.93. The molecule has 0 amide bonds. The zero-order valence-electron chi connectivity index (χ0n) is 12.1. The van der Waals surface area contributed by atoms with E-state index in [1.54, 1.807) is 22.9 Å². The molecule has 0 aliphatic heterocycles. The number of rotatable bonds is 4. The van der Waals surface area contributed by atoms with E-state index in [4.69, 9.17) is 16.7 Å². The summed E-state index contributed by atoms with van der Waals surface area (Å²) in [4.78, 5) is 23.3. The molecule has 7 nitrogen and oxygen atoms in total.